The van der Waals surface area contributed by atoms with Crippen LogP contribution in [0.15, 0.2) is 54.7 Å². The summed E-state index contributed by atoms with van der Waals surface area (Å²) in [5.41, 5.74) is 3.76. The number of hydrogen-bond acceptors (Lipinski definition) is 4. The number of likely N-dealkylation sites (tertiary alicyclic amines) is 1. The average molecular weight is 418 g/mol. The van der Waals surface area contributed by atoms with E-state index in [-0.39, 0.29) is 17.7 Å². The second kappa shape index (κ2) is 9.12. The first-order valence-electron chi connectivity index (χ1n) is 10.7. The minimum Gasteiger partial charge on any atom is -0.337 e. The number of pyridine rings is 1. The third-order valence-electron chi connectivity index (χ3n) is 5.66. The quantitative estimate of drug-likeness (QED) is 0.654. The van der Waals surface area contributed by atoms with Crippen LogP contribution in [-0.4, -0.2) is 45.0 Å². The van der Waals surface area contributed by atoms with Gasteiger partial charge in [0.2, 0.25) is 5.91 Å². The number of nitrogens with one attached hydrogen (secondary N) is 2. The summed E-state index contributed by atoms with van der Waals surface area (Å²) < 4.78 is 0. The summed E-state index contributed by atoms with van der Waals surface area (Å²) in [5.74, 6) is 0.0195. The summed E-state index contributed by atoms with van der Waals surface area (Å²) >= 11 is 0. The van der Waals surface area contributed by atoms with Crippen molar-refractivity contribution in [1.29, 1.82) is 0 Å². The van der Waals surface area contributed by atoms with Crippen LogP contribution in [0, 0.1) is 5.92 Å². The SMILES string of the molecule is CC(C)c1ccc(NC(=O)[C@H]2CCCN(C(=O)c3cc(-c4ccccn4)n[nH]3)C2)cc1. The van der Waals surface area contributed by atoms with Gasteiger partial charge in [-0.2, -0.15) is 5.10 Å². The average Bonchev–Trinajstić information content (AvgIpc) is 3.30. The van der Waals surface area contributed by atoms with Crippen LogP contribution in [0.5, 0.6) is 0 Å². The fourth-order valence-electron chi connectivity index (χ4n) is 3.82. The number of aromatic amines is 1. The van der Waals surface area contributed by atoms with E-state index in [1.165, 1.54) is 5.56 Å². The van der Waals surface area contributed by atoms with Gasteiger partial charge in [0, 0.05) is 25.0 Å². The second-order valence-electron chi connectivity index (χ2n) is 8.24. The maximum atomic E-state index is 13.0. The molecule has 0 radical (unpaired) electrons. The van der Waals surface area contributed by atoms with Gasteiger partial charge in [-0.05, 0) is 54.7 Å². The summed E-state index contributed by atoms with van der Waals surface area (Å²) in [5, 5.41) is 10.0. The van der Waals surface area contributed by atoms with E-state index in [9.17, 15) is 9.59 Å². The molecule has 1 aliphatic rings. The molecule has 2 N–H and O–H groups in total. The molecule has 160 valence electrons. The Kier molecular flexibility index (Phi) is 6.11. The molecule has 3 heterocycles. The van der Waals surface area contributed by atoms with Crippen LogP contribution in [0.25, 0.3) is 11.4 Å². The molecule has 31 heavy (non-hydrogen) atoms. The predicted molar refractivity (Wildman–Crippen MR) is 120 cm³/mol. The van der Waals surface area contributed by atoms with Crippen molar-refractivity contribution >= 4 is 17.5 Å². The van der Waals surface area contributed by atoms with Crippen LogP contribution in [0.1, 0.15) is 48.7 Å². The Morgan fingerprint density at radius 3 is 2.65 bits per heavy atom. The Bertz CT molecular complexity index is 1040. The molecule has 0 unspecified atom stereocenters. The Morgan fingerprint density at radius 1 is 1.13 bits per heavy atom. The third kappa shape index (κ3) is 4.82. The number of anilines is 1. The van der Waals surface area contributed by atoms with Gasteiger partial charge in [-0.15, -0.1) is 0 Å². The zero-order valence-electron chi connectivity index (χ0n) is 17.8. The van der Waals surface area contributed by atoms with Crippen LogP contribution >= 0.6 is 0 Å². The molecular weight excluding hydrogens is 390 g/mol. The maximum Gasteiger partial charge on any atom is 0.271 e. The monoisotopic (exact) mass is 417 g/mol. The van der Waals surface area contributed by atoms with Gasteiger partial charge in [0.05, 0.1) is 11.6 Å². The zero-order valence-corrected chi connectivity index (χ0v) is 17.8. The van der Waals surface area contributed by atoms with Crippen molar-refractivity contribution in [2.24, 2.45) is 5.92 Å². The number of nitrogens with zero attached hydrogens (tertiary/aromatic N) is 3. The molecule has 0 spiro atoms. The lowest BCUT2D eigenvalue weighted by Crippen LogP contribution is -2.43. The number of carbonyl (C=O) groups is 2. The fourth-order valence-corrected chi connectivity index (χ4v) is 3.82. The van der Waals surface area contributed by atoms with E-state index in [1.807, 2.05) is 42.5 Å². The molecule has 2 aromatic heterocycles. The fraction of sp³-hybridized carbons (Fsp3) is 0.333. The van der Waals surface area contributed by atoms with Crippen molar-refractivity contribution in [2.75, 3.05) is 18.4 Å². The highest BCUT2D eigenvalue weighted by molar-refractivity contribution is 5.95. The van der Waals surface area contributed by atoms with Gasteiger partial charge in [0.1, 0.15) is 11.4 Å². The van der Waals surface area contributed by atoms with Crippen LogP contribution in [0.2, 0.25) is 0 Å². The smallest absolute Gasteiger partial charge is 0.271 e. The number of hydrogen-bond donors (Lipinski definition) is 2. The molecule has 1 aliphatic heterocycles. The van der Waals surface area contributed by atoms with Gasteiger partial charge >= 0.3 is 0 Å². The molecule has 1 atom stereocenters. The standard InChI is InChI=1S/C24H27N5O2/c1-16(2)17-8-10-19(11-9-17)26-23(30)18-6-5-13-29(15-18)24(31)22-14-21(27-28-22)20-7-3-4-12-25-20/h3-4,7-12,14,16,18H,5-6,13,15H2,1-2H3,(H,26,30)(H,27,28)/t18-/m0/s1. The molecule has 1 aromatic carbocycles. The van der Waals surface area contributed by atoms with Crippen LogP contribution in [0.3, 0.4) is 0 Å². The Hall–Kier alpha value is -3.48. The maximum absolute atomic E-state index is 13.0. The van der Waals surface area contributed by atoms with E-state index >= 15 is 0 Å². The number of benzene rings is 1. The topological polar surface area (TPSA) is 91.0 Å². The number of carbonyl (C=O) groups excluding carboxylic acids is 2. The molecule has 7 heteroatoms. The highest BCUT2D eigenvalue weighted by atomic mass is 16.2. The summed E-state index contributed by atoms with van der Waals surface area (Å²) in [6.45, 7) is 5.30. The molecule has 0 bridgehead atoms. The predicted octanol–water partition coefficient (Wildman–Crippen LogP) is 4.09. The lowest BCUT2D eigenvalue weighted by atomic mass is 9.96. The lowest BCUT2D eigenvalue weighted by Gasteiger charge is -2.31. The Labute approximate surface area is 181 Å². The first-order valence-corrected chi connectivity index (χ1v) is 10.7. The molecule has 0 aliphatic carbocycles. The Morgan fingerprint density at radius 2 is 1.94 bits per heavy atom. The summed E-state index contributed by atoms with van der Waals surface area (Å²) in [7, 11) is 0. The number of amides is 2. The molecule has 2 amide bonds. The highest BCUT2D eigenvalue weighted by Crippen LogP contribution is 2.23. The number of aromatic nitrogens is 3. The van der Waals surface area contributed by atoms with E-state index in [1.54, 1.807) is 17.2 Å². The lowest BCUT2D eigenvalue weighted by molar-refractivity contribution is -0.121. The first kappa shape index (κ1) is 20.8. The molecular formula is C24H27N5O2. The van der Waals surface area contributed by atoms with Crippen molar-refractivity contribution < 1.29 is 9.59 Å². The van der Waals surface area contributed by atoms with Crippen LogP contribution < -0.4 is 5.32 Å². The number of rotatable bonds is 5. The van der Waals surface area contributed by atoms with E-state index in [0.717, 1.165) is 18.5 Å². The van der Waals surface area contributed by atoms with Crippen molar-refractivity contribution in [3.63, 3.8) is 0 Å². The van der Waals surface area contributed by atoms with Gasteiger partial charge in [0.25, 0.3) is 5.91 Å². The van der Waals surface area contributed by atoms with E-state index < -0.39 is 0 Å². The van der Waals surface area contributed by atoms with Crippen LogP contribution in [0.4, 0.5) is 5.69 Å². The van der Waals surface area contributed by atoms with Crippen LogP contribution in [-0.2, 0) is 4.79 Å². The largest absolute Gasteiger partial charge is 0.337 e. The summed E-state index contributed by atoms with van der Waals surface area (Å²) in [6, 6.07) is 15.2. The van der Waals surface area contributed by atoms with Gasteiger partial charge < -0.3 is 10.2 Å². The molecule has 7 nitrogen and oxygen atoms in total. The summed E-state index contributed by atoms with van der Waals surface area (Å²) in [6.07, 6.45) is 3.24. The highest BCUT2D eigenvalue weighted by Gasteiger charge is 2.30. The van der Waals surface area contributed by atoms with Gasteiger partial charge in [-0.1, -0.05) is 32.0 Å². The number of piperidine rings is 1. The third-order valence-corrected chi connectivity index (χ3v) is 5.66. The van der Waals surface area contributed by atoms with E-state index in [2.05, 4.69) is 34.3 Å². The van der Waals surface area contributed by atoms with E-state index in [4.69, 9.17) is 0 Å². The van der Waals surface area contributed by atoms with Crippen molar-refractivity contribution in [1.82, 2.24) is 20.1 Å². The molecule has 0 saturated carbocycles. The minimum absolute atomic E-state index is 0.0476. The Balaban J connectivity index is 1.39. The molecule has 4 rings (SSSR count). The second-order valence-corrected chi connectivity index (χ2v) is 8.24. The molecule has 1 saturated heterocycles. The normalized spacial score (nSPS) is 16.4. The van der Waals surface area contributed by atoms with E-state index in [0.29, 0.717) is 36.1 Å². The number of H-pyrrole nitrogens is 1. The van der Waals surface area contributed by atoms with Gasteiger partial charge in [-0.3, -0.25) is 19.7 Å². The summed E-state index contributed by atoms with van der Waals surface area (Å²) in [4.78, 5) is 31.8. The van der Waals surface area contributed by atoms with Crippen molar-refractivity contribution in [2.45, 2.75) is 32.6 Å². The van der Waals surface area contributed by atoms with Crippen molar-refractivity contribution in [3.05, 3.63) is 66.0 Å². The molecule has 3 aromatic rings. The first-order chi connectivity index (χ1) is 15.0. The molecule has 1 fully saturated rings. The van der Waals surface area contributed by atoms with Gasteiger partial charge in [-0.25, -0.2) is 0 Å². The van der Waals surface area contributed by atoms with Gasteiger partial charge in [0.15, 0.2) is 0 Å². The minimum atomic E-state index is -0.236. The zero-order chi connectivity index (χ0) is 21.8. The van der Waals surface area contributed by atoms with Crippen molar-refractivity contribution in [3.8, 4) is 11.4 Å².